The Labute approximate surface area is 125 Å². The number of halogens is 3. The molecule has 1 saturated carbocycles. The van der Waals surface area contributed by atoms with Gasteiger partial charge in [0.25, 0.3) is 0 Å². The largest absolute Gasteiger partial charge is 0.368 e. The van der Waals surface area contributed by atoms with Gasteiger partial charge < -0.3 is 4.74 Å². The Morgan fingerprint density at radius 1 is 1.05 bits per heavy atom. The Morgan fingerprint density at radius 2 is 1.63 bits per heavy atom. The summed E-state index contributed by atoms with van der Waals surface area (Å²) in [4.78, 5) is 0. The van der Waals surface area contributed by atoms with E-state index in [0.717, 1.165) is 31.6 Å². The maximum atomic E-state index is 14.2. The van der Waals surface area contributed by atoms with Crippen molar-refractivity contribution in [3.8, 4) is 0 Å². The van der Waals surface area contributed by atoms with Gasteiger partial charge >= 0.3 is 0 Å². The molecule has 19 heavy (non-hydrogen) atoms. The molecule has 2 aliphatic rings. The summed E-state index contributed by atoms with van der Waals surface area (Å²) in [7, 11) is 0. The van der Waals surface area contributed by atoms with Crippen molar-refractivity contribution < 1.29 is 13.5 Å². The molecule has 1 heterocycles. The van der Waals surface area contributed by atoms with Gasteiger partial charge in [-0.05, 0) is 43.1 Å². The van der Waals surface area contributed by atoms with Crippen LogP contribution in [0, 0.1) is 17.6 Å². The fraction of sp³-hybridized carbons (Fsp3) is 0.600. The summed E-state index contributed by atoms with van der Waals surface area (Å²) in [6.45, 7) is 0.510. The molecule has 3 rings (SSSR count). The van der Waals surface area contributed by atoms with E-state index >= 15 is 0 Å². The number of alkyl halides is 1. The molecule has 1 unspecified atom stereocenters. The molecule has 0 aromatic heterocycles. The SMILES string of the molecule is Fc1c(C2CCC(CI)CC2)ccc(C2CO2)c1F. The molecule has 0 N–H and O–H groups in total. The van der Waals surface area contributed by atoms with Crippen LogP contribution < -0.4 is 0 Å². The lowest BCUT2D eigenvalue weighted by atomic mass is 9.79. The van der Waals surface area contributed by atoms with E-state index in [4.69, 9.17) is 4.74 Å². The Kier molecular flexibility index (Phi) is 4.08. The first-order valence-corrected chi connectivity index (χ1v) is 8.38. The third-order valence-electron chi connectivity index (χ3n) is 4.33. The third kappa shape index (κ3) is 2.79. The van der Waals surface area contributed by atoms with Gasteiger partial charge in [0, 0.05) is 9.99 Å². The van der Waals surface area contributed by atoms with Crippen LogP contribution in [-0.4, -0.2) is 11.0 Å². The van der Waals surface area contributed by atoms with Gasteiger partial charge in [-0.15, -0.1) is 0 Å². The van der Waals surface area contributed by atoms with E-state index in [9.17, 15) is 8.78 Å². The van der Waals surface area contributed by atoms with Gasteiger partial charge in [0.05, 0.1) is 6.61 Å². The molecule has 0 amide bonds. The predicted octanol–water partition coefficient (Wildman–Crippen LogP) is 4.74. The van der Waals surface area contributed by atoms with Gasteiger partial charge in [0.15, 0.2) is 11.6 Å². The Morgan fingerprint density at radius 3 is 2.21 bits per heavy atom. The molecule has 1 saturated heterocycles. The normalized spacial score (nSPS) is 30.4. The van der Waals surface area contributed by atoms with E-state index in [2.05, 4.69) is 22.6 Å². The number of rotatable bonds is 3. The van der Waals surface area contributed by atoms with Gasteiger partial charge in [-0.3, -0.25) is 0 Å². The minimum absolute atomic E-state index is 0.183. The minimum Gasteiger partial charge on any atom is -0.368 e. The lowest BCUT2D eigenvalue weighted by molar-refractivity contribution is 0.344. The summed E-state index contributed by atoms with van der Waals surface area (Å²) in [5.41, 5.74) is 0.941. The first-order valence-electron chi connectivity index (χ1n) is 6.86. The molecular weight excluding hydrogens is 361 g/mol. The van der Waals surface area contributed by atoms with E-state index in [1.807, 2.05) is 0 Å². The lowest BCUT2D eigenvalue weighted by Crippen LogP contribution is -2.15. The van der Waals surface area contributed by atoms with E-state index in [-0.39, 0.29) is 12.0 Å². The fourth-order valence-electron chi connectivity index (χ4n) is 3.00. The first kappa shape index (κ1) is 13.7. The summed E-state index contributed by atoms with van der Waals surface area (Å²) < 4.78 is 34.4. The zero-order valence-corrected chi connectivity index (χ0v) is 12.8. The number of ether oxygens (including phenoxy) is 1. The molecule has 104 valence electrons. The van der Waals surface area contributed by atoms with Crippen molar-refractivity contribution in [3.63, 3.8) is 0 Å². The van der Waals surface area contributed by atoms with E-state index in [1.165, 1.54) is 4.43 Å². The van der Waals surface area contributed by atoms with Crippen molar-refractivity contribution in [1.29, 1.82) is 0 Å². The maximum Gasteiger partial charge on any atom is 0.165 e. The van der Waals surface area contributed by atoms with Crippen LogP contribution >= 0.6 is 22.6 Å². The van der Waals surface area contributed by atoms with Crippen LogP contribution in [-0.2, 0) is 4.74 Å². The number of hydrogen-bond acceptors (Lipinski definition) is 1. The monoisotopic (exact) mass is 378 g/mol. The standard InChI is InChI=1S/C15H17F2IO/c16-14-11(10-3-1-9(7-18)2-4-10)5-6-12(15(14)17)13-8-19-13/h5-6,9-10,13H,1-4,7-8H2. The summed E-state index contributed by atoms with van der Waals surface area (Å²) in [6.07, 6.45) is 3.98. The summed E-state index contributed by atoms with van der Waals surface area (Å²) in [5.74, 6) is -0.409. The highest BCUT2D eigenvalue weighted by atomic mass is 127. The Bertz CT molecular complexity index is 465. The van der Waals surface area contributed by atoms with Crippen molar-refractivity contribution in [2.45, 2.75) is 37.7 Å². The van der Waals surface area contributed by atoms with Crippen molar-refractivity contribution in [2.24, 2.45) is 5.92 Å². The third-order valence-corrected chi connectivity index (χ3v) is 5.57. The number of epoxide rings is 1. The molecule has 1 aromatic carbocycles. The lowest BCUT2D eigenvalue weighted by Gasteiger charge is -2.28. The van der Waals surface area contributed by atoms with E-state index in [0.29, 0.717) is 17.7 Å². The van der Waals surface area contributed by atoms with Crippen LogP contribution in [0.3, 0.4) is 0 Å². The summed E-state index contributed by atoms with van der Waals surface area (Å²) in [6, 6.07) is 3.47. The average Bonchev–Trinajstić information content (AvgIpc) is 3.26. The average molecular weight is 378 g/mol. The highest BCUT2D eigenvalue weighted by Gasteiger charge is 2.32. The molecule has 0 bridgehead atoms. The summed E-state index contributed by atoms with van der Waals surface area (Å²) >= 11 is 2.41. The van der Waals surface area contributed by atoms with Crippen LogP contribution in [0.15, 0.2) is 12.1 Å². The van der Waals surface area contributed by atoms with Crippen molar-refractivity contribution in [1.82, 2.24) is 0 Å². The molecule has 4 heteroatoms. The molecule has 0 spiro atoms. The molecule has 1 aromatic rings. The highest BCUT2D eigenvalue weighted by molar-refractivity contribution is 14.1. The van der Waals surface area contributed by atoms with Crippen molar-refractivity contribution in [2.75, 3.05) is 11.0 Å². The quantitative estimate of drug-likeness (QED) is 0.420. The Balaban J connectivity index is 1.79. The molecule has 1 aliphatic heterocycles. The molecule has 1 aliphatic carbocycles. The molecule has 1 nitrogen and oxygen atoms in total. The molecule has 2 fully saturated rings. The maximum absolute atomic E-state index is 14.2. The van der Waals surface area contributed by atoms with E-state index < -0.39 is 11.6 Å². The number of hydrogen-bond donors (Lipinski definition) is 0. The van der Waals surface area contributed by atoms with Crippen LogP contribution in [0.5, 0.6) is 0 Å². The smallest absolute Gasteiger partial charge is 0.165 e. The summed E-state index contributed by atoms with van der Waals surface area (Å²) in [5, 5.41) is 0. The van der Waals surface area contributed by atoms with Crippen molar-refractivity contribution in [3.05, 3.63) is 34.9 Å². The second kappa shape index (κ2) is 5.64. The second-order valence-electron chi connectivity index (χ2n) is 5.57. The zero-order valence-electron chi connectivity index (χ0n) is 10.7. The van der Waals surface area contributed by atoms with Gasteiger partial charge in [0.2, 0.25) is 0 Å². The minimum atomic E-state index is -0.698. The Hall–Kier alpha value is -0.230. The van der Waals surface area contributed by atoms with Crippen LogP contribution in [0.2, 0.25) is 0 Å². The first-order chi connectivity index (χ1) is 9.20. The van der Waals surface area contributed by atoms with Crippen LogP contribution in [0.1, 0.15) is 48.8 Å². The fourth-order valence-corrected chi connectivity index (χ4v) is 3.88. The molecule has 0 radical (unpaired) electrons. The van der Waals surface area contributed by atoms with Crippen molar-refractivity contribution >= 4 is 22.6 Å². The topological polar surface area (TPSA) is 12.5 Å². The van der Waals surface area contributed by atoms with Gasteiger partial charge in [0.1, 0.15) is 6.10 Å². The predicted molar refractivity (Wildman–Crippen MR) is 78.6 cm³/mol. The van der Waals surface area contributed by atoms with E-state index in [1.54, 1.807) is 12.1 Å². The van der Waals surface area contributed by atoms with Gasteiger partial charge in [-0.25, -0.2) is 8.78 Å². The molecule has 1 atom stereocenters. The molecular formula is C15H17F2IO. The number of benzene rings is 1. The zero-order chi connectivity index (χ0) is 13.4. The van der Waals surface area contributed by atoms with Crippen LogP contribution in [0.4, 0.5) is 8.78 Å². The second-order valence-corrected chi connectivity index (χ2v) is 6.45. The van der Waals surface area contributed by atoms with Gasteiger partial charge in [-0.2, -0.15) is 0 Å². The van der Waals surface area contributed by atoms with Gasteiger partial charge in [-0.1, -0.05) is 34.7 Å². The highest BCUT2D eigenvalue weighted by Crippen LogP contribution is 2.40. The van der Waals surface area contributed by atoms with Crippen LogP contribution in [0.25, 0.3) is 0 Å².